The minimum Gasteiger partial charge on any atom is -0.494 e. The van der Waals surface area contributed by atoms with Crippen molar-refractivity contribution in [3.8, 4) is 5.75 Å². The number of carbonyl (C=O) groups is 1. The maximum atomic E-state index is 12.0. The fraction of sp³-hybridized carbons (Fsp3) is 0.250. The number of benzene rings is 1. The quantitative estimate of drug-likeness (QED) is 0.914. The van der Waals surface area contributed by atoms with Gasteiger partial charge in [0.05, 0.1) is 18.7 Å². The van der Waals surface area contributed by atoms with E-state index in [0.29, 0.717) is 12.3 Å². The van der Waals surface area contributed by atoms with E-state index in [-0.39, 0.29) is 17.9 Å². The number of nitrogens with one attached hydrogen (secondary N) is 1. The van der Waals surface area contributed by atoms with E-state index < -0.39 is 0 Å². The highest BCUT2D eigenvalue weighted by molar-refractivity contribution is 5.92. The van der Waals surface area contributed by atoms with Gasteiger partial charge in [0.2, 0.25) is 11.5 Å². The number of aryl methyl sites for hydroxylation is 1. The summed E-state index contributed by atoms with van der Waals surface area (Å²) >= 11 is 0. The Morgan fingerprint density at radius 3 is 2.52 bits per heavy atom. The smallest absolute Gasteiger partial charge is 0.250 e. The molecule has 2 aromatic rings. The maximum absolute atomic E-state index is 12.0. The van der Waals surface area contributed by atoms with Gasteiger partial charge < -0.3 is 14.6 Å². The number of amides is 1. The van der Waals surface area contributed by atoms with Gasteiger partial charge in [-0.05, 0) is 30.7 Å². The fourth-order valence-corrected chi connectivity index (χ4v) is 1.93. The van der Waals surface area contributed by atoms with Crippen LogP contribution in [-0.2, 0) is 18.3 Å². The first kappa shape index (κ1) is 14.8. The molecule has 5 heteroatoms. The maximum Gasteiger partial charge on any atom is 0.250 e. The highest BCUT2D eigenvalue weighted by Crippen LogP contribution is 2.13. The summed E-state index contributed by atoms with van der Waals surface area (Å²) < 4.78 is 6.78. The third kappa shape index (κ3) is 4.21. The van der Waals surface area contributed by atoms with Crippen LogP contribution in [0.5, 0.6) is 5.75 Å². The van der Waals surface area contributed by atoms with E-state index >= 15 is 0 Å². The van der Waals surface area contributed by atoms with Crippen LogP contribution in [0.3, 0.4) is 0 Å². The van der Waals surface area contributed by atoms with Gasteiger partial charge in [-0.3, -0.25) is 9.59 Å². The van der Waals surface area contributed by atoms with Crippen LogP contribution in [0.1, 0.15) is 12.5 Å². The second-order valence-electron chi connectivity index (χ2n) is 4.67. The lowest BCUT2D eigenvalue weighted by atomic mass is 10.1. The zero-order chi connectivity index (χ0) is 15.2. The fourth-order valence-electron chi connectivity index (χ4n) is 1.93. The number of ether oxygens (including phenoxy) is 1. The van der Waals surface area contributed by atoms with Crippen LogP contribution in [0.25, 0.3) is 0 Å². The lowest BCUT2D eigenvalue weighted by Gasteiger charge is -2.07. The monoisotopic (exact) mass is 286 g/mol. The third-order valence-electron chi connectivity index (χ3n) is 2.97. The second-order valence-corrected chi connectivity index (χ2v) is 4.67. The molecule has 0 aliphatic heterocycles. The summed E-state index contributed by atoms with van der Waals surface area (Å²) in [7, 11) is 1.64. The molecule has 1 amide bonds. The average molecular weight is 286 g/mol. The minimum absolute atomic E-state index is 0.112. The molecule has 0 aliphatic carbocycles. The predicted molar refractivity (Wildman–Crippen MR) is 81.6 cm³/mol. The van der Waals surface area contributed by atoms with Crippen LogP contribution in [0.2, 0.25) is 0 Å². The molecule has 0 saturated carbocycles. The number of rotatable bonds is 5. The Balaban J connectivity index is 1.97. The van der Waals surface area contributed by atoms with Gasteiger partial charge in [0, 0.05) is 19.3 Å². The number of anilines is 1. The minimum atomic E-state index is -0.127. The largest absolute Gasteiger partial charge is 0.494 e. The summed E-state index contributed by atoms with van der Waals surface area (Å²) in [5.74, 6) is 0.664. The van der Waals surface area contributed by atoms with Crippen molar-refractivity contribution in [1.82, 2.24) is 4.57 Å². The molecule has 1 heterocycles. The lowest BCUT2D eigenvalue weighted by molar-refractivity contribution is -0.115. The molecule has 1 N–H and O–H groups in total. The Bertz CT molecular complexity index is 675. The SMILES string of the molecule is CCOc1ccc(CC(=O)Nc2ccc(=O)n(C)c2)cc1. The van der Waals surface area contributed by atoms with Crippen LogP contribution in [-0.4, -0.2) is 17.1 Å². The van der Waals surface area contributed by atoms with Crippen molar-refractivity contribution in [2.45, 2.75) is 13.3 Å². The molecule has 5 nitrogen and oxygen atoms in total. The number of carbonyl (C=O) groups excluding carboxylic acids is 1. The molecular weight excluding hydrogens is 268 g/mol. The van der Waals surface area contributed by atoms with Crippen molar-refractivity contribution < 1.29 is 9.53 Å². The van der Waals surface area contributed by atoms with Crippen LogP contribution < -0.4 is 15.6 Å². The van der Waals surface area contributed by atoms with Crippen molar-refractivity contribution in [3.63, 3.8) is 0 Å². The highest BCUT2D eigenvalue weighted by Gasteiger charge is 2.05. The van der Waals surface area contributed by atoms with Gasteiger partial charge in [-0.15, -0.1) is 0 Å². The Labute approximate surface area is 123 Å². The molecule has 0 saturated heterocycles. The molecule has 0 atom stereocenters. The molecule has 21 heavy (non-hydrogen) atoms. The van der Waals surface area contributed by atoms with Gasteiger partial charge in [0.15, 0.2) is 0 Å². The molecule has 2 rings (SSSR count). The van der Waals surface area contributed by atoms with Crippen LogP contribution in [0.15, 0.2) is 47.4 Å². The zero-order valence-electron chi connectivity index (χ0n) is 12.1. The Hall–Kier alpha value is -2.56. The molecule has 110 valence electrons. The molecule has 1 aromatic heterocycles. The molecule has 0 aliphatic rings. The van der Waals surface area contributed by atoms with Crippen molar-refractivity contribution in [2.24, 2.45) is 7.05 Å². The lowest BCUT2D eigenvalue weighted by Crippen LogP contribution is -2.19. The van der Waals surface area contributed by atoms with E-state index in [2.05, 4.69) is 5.32 Å². The standard InChI is InChI=1S/C16H18N2O3/c1-3-21-14-7-4-12(5-8-14)10-15(19)17-13-6-9-16(20)18(2)11-13/h4-9,11H,3,10H2,1-2H3,(H,17,19). The molecule has 0 fully saturated rings. The summed E-state index contributed by atoms with van der Waals surface area (Å²) in [6, 6.07) is 10.4. The van der Waals surface area contributed by atoms with Gasteiger partial charge in [-0.2, -0.15) is 0 Å². The van der Waals surface area contributed by atoms with Crippen molar-refractivity contribution in [2.75, 3.05) is 11.9 Å². The summed E-state index contributed by atoms with van der Waals surface area (Å²) in [6.45, 7) is 2.54. The number of hydrogen-bond donors (Lipinski definition) is 1. The summed E-state index contributed by atoms with van der Waals surface area (Å²) in [4.78, 5) is 23.2. The number of hydrogen-bond acceptors (Lipinski definition) is 3. The predicted octanol–water partition coefficient (Wildman–Crippen LogP) is 1.97. The summed E-state index contributed by atoms with van der Waals surface area (Å²) in [5, 5.41) is 2.77. The van der Waals surface area contributed by atoms with E-state index in [4.69, 9.17) is 4.74 Å². The molecular formula is C16H18N2O3. The van der Waals surface area contributed by atoms with Gasteiger partial charge in [-0.1, -0.05) is 12.1 Å². The highest BCUT2D eigenvalue weighted by atomic mass is 16.5. The van der Waals surface area contributed by atoms with Crippen LogP contribution in [0.4, 0.5) is 5.69 Å². The molecule has 0 unspecified atom stereocenters. The Kier molecular flexibility index (Phi) is 4.77. The molecule has 0 spiro atoms. The number of aromatic nitrogens is 1. The first-order valence-corrected chi connectivity index (χ1v) is 6.77. The van der Waals surface area contributed by atoms with E-state index in [1.54, 1.807) is 19.3 Å². The third-order valence-corrected chi connectivity index (χ3v) is 2.97. The second kappa shape index (κ2) is 6.74. The van der Waals surface area contributed by atoms with Gasteiger partial charge in [0.25, 0.3) is 0 Å². The first-order valence-electron chi connectivity index (χ1n) is 6.77. The summed E-state index contributed by atoms with van der Waals surface area (Å²) in [6.07, 6.45) is 1.87. The van der Waals surface area contributed by atoms with Crippen LogP contribution in [0, 0.1) is 0 Å². The van der Waals surface area contributed by atoms with E-state index in [1.165, 1.54) is 10.6 Å². The van der Waals surface area contributed by atoms with Crippen molar-refractivity contribution in [1.29, 1.82) is 0 Å². The molecule has 0 radical (unpaired) electrons. The van der Waals surface area contributed by atoms with Crippen molar-refractivity contribution >= 4 is 11.6 Å². The van der Waals surface area contributed by atoms with Gasteiger partial charge in [-0.25, -0.2) is 0 Å². The Morgan fingerprint density at radius 1 is 1.19 bits per heavy atom. The van der Waals surface area contributed by atoms with Gasteiger partial charge in [0.1, 0.15) is 5.75 Å². The van der Waals surface area contributed by atoms with E-state index in [1.807, 2.05) is 31.2 Å². The van der Waals surface area contributed by atoms with E-state index in [0.717, 1.165) is 11.3 Å². The normalized spacial score (nSPS) is 10.2. The Morgan fingerprint density at radius 2 is 1.90 bits per heavy atom. The molecule has 0 bridgehead atoms. The molecule has 1 aromatic carbocycles. The number of pyridine rings is 1. The van der Waals surface area contributed by atoms with Crippen molar-refractivity contribution in [3.05, 3.63) is 58.5 Å². The number of nitrogens with zero attached hydrogens (tertiary/aromatic N) is 1. The topological polar surface area (TPSA) is 60.3 Å². The van der Waals surface area contributed by atoms with Gasteiger partial charge >= 0.3 is 0 Å². The van der Waals surface area contributed by atoms with Crippen LogP contribution >= 0.6 is 0 Å². The average Bonchev–Trinajstić information content (AvgIpc) is 2.45. The zero-order valence-corrected chi connectivity index (χ0v) is 12.1. The first-order chi connectivity index (χ1) is 10.1. The van der Waals surface area contributed by atoms with E-state index in [9.17, 15) is 9.59 Å². The summed E-state index contributed by atoms with van der Waals surface area (Å²) in [5.41, 5.74) is 1.40.